The molecule has 7 nitrogen and oxygen atoms in total. The Morgan fingerprint density at radius 3 is 2.77 bits per heavy atom. The number of H-pyrrole nitrogens is 1. The van der Waals surface area contributed by atoms with E-state index >= 15 is 0 Å². The highest BCUT2D eigenvalue weighted by Crippen LogP contribution is 2.26. The zero-order valence-corrected chi connectivity index (χ0v) is 17.6. The summed E-state index contributed by atoms with van der Waals surface area (Å²) in [5.41, 5.74) is 7.73. The number of rotatable bonds is 4. The Morgan fingerprint density at radius 1 is 1.16 bits per heavy atom. The minimum Gasteiger partial charge on any atom is -0.354 e. The highest BCUT2D eigenvalue weighted by Gasteiger charge is 2.20. The van der Waals surface area contributed by atoms with E-state index in [9.17, 15) is 9.59 Å². The van der Waals surface area contributed by atoms with E-state index in [1.165, 1.54) is 5.57 Å². The normalized spacial score (nSPS) is 16.2. The number of carbonyl (C=O) groups excluding carboxylic acids is 1. The van der Waals surface area contributed by atoms with Crippen molar-refractivity contribution in [1.82, 2.24) is 25.2 Å². The lowest BCUT2D eigenvalue weighted by Crippen LogP contribution is -2.28. The highest BCUT2D eigenvalue weighted by molar-refractivity contribution is 5.92. The van der Waals surface area contributed by atoms with Gasteiger partial charge in [-0.3, -0.25) is 24.5 Å². The second-order valence-corrected chi connectivity index (χ2v) is 8.23. The number of pyridine rings is 3. The van der Waals surface area contributed by atoms with Gasteiger partial charge in [0, 0.05) is 44.6 Å². The number of aromatic amines is 1. The molecular weight excluding hydrogens is 390 g/mol. The molecule has 2 N–H and O–H groups in total. The fourth-order valence-electron chi connectivity index (χ4n) is 4.61. The summed E-state index contributed by atoms with van der Waals surface area (Å²) in [6.45, 7) is 2.56. The lowest BCUT2D eigenvalue weighted by Gasteiger charge is -2.26. The standard InChI is InChI=1S/C24H25N5O2/c1-25-24(31)20-6-5-17(13-26-20)16-7-9-29(10-8-16)14-15-11-21-22(27-12-15)18-3-2-4-19(18)23(30)28-21/h5-7,11-13H,2-4,8-10,14H2,1H3,(H,25,31)(H,28,30). The lowest BCUT2D eigenvalue weighted by atomic mass is 10.0. The first-order valence-corrected chi connectivity index (χ1v) is 10.7. The predicted molar refractivity (Wildman–Crippen MR) is 120 cm³/mol. The third-order valence-corrected chi connectivity index (χ3v) is 6.26. The Hall–Kier alpha value is -3.32. The molecule has 2 aliphatic rings. The van der Waals surface area contributed by atoms with Crippen molar-refractivity contribution in [3.05, 3.63) is 75.0 Å². The number of amides is 1. The van der Waals surface area contributed by atoms with Crippen LogP contribution in [-0.4, -0.2) is 45.9 Å². The molecule has 7 heteroatoms. The van der Waals surface area contributed by atoms with Gasteiger partial charge in [0.1, 0.15) is 5.69 Å². The van der Waals surface area contributed by atoms with Crippen LogP contribution in [0.4, 0.5) is 0 Å². The topological polar surface area (TPSA) is 91.0 Å². The number of hydrogen-bond acceptors (Lipinski definition) is 5. The quantitative estimate of drug-likeness (QED) is 0.683. The molecule has 0 spiro atoms. The Kier molecular flexibility index (Phi) is 5.11. The lowest BCUT2D eigenvalue weighted by molar-refractivity contribution is 0.0958. The second kappa shape index (κ2) is 8.07. The van der Waals surface area contributed by atoms with Crippen LogP contribution in [-0.2, 0) is 19.4 Å². The summed E-state index contributed by atoms with van der Waals surface area (Å²) >= 11 is 0. The van der Waals surface area contributed by atoms with Crippen LogP contribution in [0.15, 0.2) is 41.5 Å². The maximum atomic E-state index is 12.3. The molecule has 0 bridgehead atoms. The molecule has 158 valence electrons. The smallest absolute Gasteiger partial charge is 0.269 e. The Bertz CT molecular complexity index is 1240. The first kappa shape index (κ1) is 19.6. The number of carbonyl (C=O) groups is 1. The van der Waals surface area contributed by atoms with Gasteiger partial charge in [0.15, 0.2) is 0 Å². The molecule has 1 aliphatic carbocycles. The van der Waals surface area contributed by atoms with E-state index in [4.69, 9.17) is 4.98 Å². The van der Waals surface area contributed by atoms with E-state index in [2.05, 4.69) is 32.3 Å². The molecule has 1 aliphatic heterocycles. The molecule has 0 unspecified atom stereocenters. The van der Waals surface area contributed by atoms with Crippen LogP contribution in [0.1, 0.15) is 45.6 Å². The Morgan fingerprint density at radius 2 is 2.03 bits per heavy atom. The van der Waals surface area contributed by atoms with Crippen molar-refractivity contribution in [2.75, 3.05) is 20.1 Å². The molecule has 31 heavy (non-hydrogen) atoms. The van der Waals surface area contributed by atoms with Crippen LogP contribution < -0.4 is 10.9 Å². The van der Waals surface area contributed by atoms with E-state index in [1.54, 1.807) is 19.3 Å². The fourth-order valence-corrected chi connectivity index (χ4v) is 4.61. The van der Waals surface area contributed by atoms with Crippen molar-refractivity contribution in [1.29, 1.82) is 0 Å². The third kappa shape index (κ3) is 3.77. The van der Waals surface area contributed by atoms with Gasteiger partial charge in [0.2, 0.25) is 0 Å². The minimum absolute atomic E-state index is 0.0422. The molecule has 0 saturated heterocycles. The zero-order chi connectivity index (χ0) is 21.4. The van der Waals surface area contributed by atoms with Gasteiger partial charge in [-0.05, 0) is 60.1 Å². The van der Waals surface area contributed by atoms with Crippen molar-refractivity contribution in [2.24, 2.45) is 0 Å². The van der Waals surface area contributed by atoms with Gasteiger partial charge in [-0.25, -0.2) is 0 Å². The number of aryl methyl sites for hydroxylation is 1. The largest absolute Gasteiger partial charge is 0.354 e. The summed E-state index contributed by atoms with van der Waals surface area (Å²) in [7, 11) is 1.60. The molecule has 0 aromatic carbocycles. The van der Waals surface area contributed by atoms with Gasteiger partial charge in [0.05, 0.1) is 11.0 Å². The number of hydrogen-bond donors (Lipinski definition) is 2. The maximum Gasteiger partial charge on any atom is 0.269 e. The van der Waals surface area contributed by atoms with Gasteiger partial charge in [0.25, 0.3) is 11.5 Å². The molecule has 0 atom stereocenters. The van der Waals surface area contributed by atoms with Gasteiger partial charge < -0.3 is 10.3 Å². The van der Waals surface area contributed by atoms with Crippen molar-refractivity contribution < 1.29 is 4.79 Å². The van der Waals surface area contributed by atoms with E-state index in [1.807, 2.05) is 12.3 Å². The first-order chi connectivity index (χ1) is 15.1. The van der Waals surface area contributed by atoms with Crippen molar-refractivity contribution in [2.45, 2.75) is 32.2 Å². The summed E-state index contributed by atoms with van der Waals surface area (Å²) in [5.74, 6) is -0.175. The van der Waals surface area contributed by atoms with Crippen LogP contribution in [0, 0.1) is 0 Å². The van der Waals surface area contributed by atoms with E-state index in [0.717, 1.165) is 78.6 Å². The molecule has 1 amide bonds. The molecule has 0 saturated carbocycles. The highest BCUT2D eigenvalue weighted by atomic mass is 16.1. The van der Waals surface area contributed by atoms with Crippen molar-refractivity contribution in [3.8, 4) is 0 Å². The van der Waals surface area contributed by atoms with Crippen LogP contribution >= 0.6 is 0 Å². The zero-order valence-electron chi connectivity index (χ0n) is 17.6. The van der Waals surface area contributed by atoms with Crippen LogP contribution in [0.3, 0.4) is 0 Å². The average molecular weight is 415 g/mol. The van der Waals surface area contributed by atoms with Gasteiger partial charge >= 0.3 is 0 Å². The average Bonchev–Trinajstić information content (AvgIpc) is 3.30. The predicted octanol–water partition coefficient (Wildman–Crippen LogP) is 2.46. The van der Waals surface area contributed by atoms with E-state index in [0.29, 0.717) is 5.69 Å². The Labute approximate surface area is 180 Å². The molecular formula is C24H25N5O2. The van der Waals surface area contributed by atoms with Crippen LogP contribution in [0.25, 0.3) is 16.6 Å². The maximum absolute atomic E-state index is 12.3. The monoisotopic (exact) mass is 415 g/mol. The van der Waals surface area contributed by atoms with Crippen LogP contribution in [0.2, 0.25) is 0 Å². The summed E-state index contributed by atoms with van der Waals surface area (Å²) < 4.78 is 0. The first-order valence-electron chi connectivity index (χ1n) is 10.7. The van der Waals surface area contributed by atoms with Gasteiger partial charge in [-0.2, -0.15) is 0 Å². The summed E-state index contributed by atoms with van der Waals surface area (Å²) in [6, 6.07) is 5.80. The SMILES string of the molecule is CNC(=O)c1ccc(C2=CCN(Cc3cnc4c5c(c(=O)[nH]c4c3)CCC5)CC2)cn1. The van der Waals surface area contributed by atoms with E-state index in [-0.39, 0.29) is 11.5 Å². The van der Waals surface area contributed by atoms with Gasteiger partial charge in [-0.1, -0.05) is 12.1 Å². The van der Waals surface area contributed by atoms with Crippen molar-refractivity contribution >= 4 is 22.5 Å². The summed E-state index contributed by atoms with van der Waals surface area (Å²) in [4.78, 5) is 38.4. The number of fused-ring (bicyclic) bond motifs is 3. The number of nitrogens with zero attached hydrogens (tertiary/aromatic N) is 3. The van der Waals surface area contributed by atoms with Crippen LogP contribution in [0.5, 0.6) is 0 Å². The second-order valence-electron chi connectivity index (χ2n) is 8.23. The Balaban J connectivity index is 1.29. The molecule has 3 aromatic rings. The van der Waals surface area contributed by atoms with Gasteiger partial charge in [-0.15, -0.1) is 0 Å². The third-order valence-electron chi connectivity index (χ3n) is 6.26. The molecule has 3 aromatic heterocycles. The van der Waals surface area contributed by atoms with Crippen molar-refractivity contribution in [3.63, 3.8) is 0 Å². The molecule has 4 heterocycles. The number of aromatic nitrogens is 3. The molecule has 0 radical (unpaired) electrons. The van der Waals surface area contributed by atoms with E-state index < -0.39 is 0 Å². The summed E-state index contributed by atoms with van der Waals surface area (Å²) in [5, 5.41) is 2.59. The minimum atomic E-state index is -0.175. The molecule has 0 fully saturated rings. The molecule has 5 rings (SSSR count). The number of nitrogens with one attached hydrogen (secondary N) is 2. The summed E-state index contributed by atoms with van der Waals surface area (Å²) in [6.07, 6.45) is 9.70. The fraction of sp³-hybridized carbons (Fsp3) is 0.333.